The van der Waals surface area contributed by atoms with E-state index in [4.69, 9.17) is 10.4 Å². The molecule has 21 heavy (non-hydrogen) atoms. The van der Waals surface area contributed by atoms with Crippen LogP contribution in [0.3, 0.4) is 0 Å². The summed E-state index contributed by atoms with van der Waals surface area (Å²) in [5.41, 5.74) is 0.938. The largest absolute Gasteiger partial charge is 0.481 e. The smallest absolute Gasteiger partial charge is 0.315 e. The van der Waals surface area contributed by atoms with E-state index >= 15 is 0 Å². The summed E-state index contributed by atoms with van der Waals surface area (Å²) in [6.45, 7) is 0.303. The molecule has 0 aliphatic heterocycles. The molecule has 112 valence electrons. The van der Waals surface area contributed by atoms with Crippen LogP contribution >= 0.6 is 0 Å². The minimum absolute atomic E-state index is 0.0246. The molecule has 1 atom stereocenters. The van der Waals surface area contributed by atoms with E-state index in [-0.39, 0.29) is 18.5 Å². The first-order valence-electron chi connectivity index (χ1n) is 6.81. The Labute approximate surface area is 123 Å². The Morgan fingerprint density at radius 3 is 2.62 bits per heavy atom. The topological polar surface area (TPSA) is 102 Å². The maximum Gasteiger partial charge on any atom is 0.315 e. The molecular formula is C15H19N3O3. The van der Waals surface area contributed by atoms with Crippen molar-refractivity contribution in [3.8, 4) is 6.07 Å². The Bertz CT molecular complexity index is 497. The summed E-state index contributed by atoms with van der Waals surface area (Å²) in [5, 5.41) is 22.6. The number of benzene rings is 1. The average Bonchev–Trinajstić information content (AvgIpc) is 2.48. The van der Waals surface area contributed by atoms with Crippen LogP contribution in [0.15, 0.2) is 30.3 Å². The van der Waals surface area contributed by atoms with E-state index in [2.05, 4.69) is 16.7 Å². The molecule has 6 nitrogen and oxygen atoms in total. The fourth-order valence-corrected chi connectivity index (χ4v) is 1.87. The minimum Gasteiger partial charge on any atom is -0.481 e. The third-order valence-corrected chi connectivity index (χ3v) is 2.91. The van der Waals surface area contributed by atoms with E-state index in [9.17, 15) is 9.59 Å². The summed E-state index contributed by atoms with van der Waals surface area (Å²) in [5.74, 6) is -0.881. The number of hydrogen-bond donors (Lipinski definition) is 3. The maximum atomic E-state index is 11.8. The number of hydrogen-bond acceptors (Lipinski definition) is 3. The van der Waals surface area contributed by atoms with Crippen molar-refractivity contribution in [1.82, 2.24) is 10.6 Å². The zero-order valence-electron chi connectivity index (χ0n) is 11.7. The summed E-state index contributed by atoms with van der Waals surface area (Å²) in [4.78, 5) is 22.1. The van der Waals surface area contributed by atoms with Crippen LogP contribution < -0.4 is 10.6 Å². The van der Waals surface area contributed by atoms with Gasteiger partial charge in [-0.25, -0.2) is 4.79 Å². The average molecular weight is 289 g/mol. The Hall–Kier alpha value is -2.55. The second-order valence-corrected chi connectivity index (χ2v) is 4.56. The Balaban J connectivity index is 2.47. The van der Waals surface area contributed by atoms with Crippen molar-refractivity contribution in [1.29, 1.82) is 5.26 Å². The predicted molar refractivity (Wildman–Crippen MR) is 77.4 cm³/mol. The van der Waals surface area contributed by atoms with Gasteiger partial charge in [-0.3, -0.25) is 4.79 Å². The number of nitrogens with one attached hydrogen (secondary N) is 2. The number of rotatable bonds is 8. The summed E-state index contributed by atoms with van der Waals surface area (Å²) in [6, 6.07) is 10.9. The third-order valence-electron chi connectivity index (χ3n) is 2.91. The van der Waals surface area contributed by atoms with Gasteiger partial charge in [-0.05, 0) is 18.4 Å². The first-order chi connectivity index (χ1) is 10.1. The molecule has 6 heteroatoms. The van der Waals surface area contributed by atoms with Crippen molar-refractivity contribution in [2.45, 2.75) is 31.7 Å². The van der Waals surface area contributed by atoms with Crippen molar-refractivity contribution in [3.63, 3.8) is 0 Å². The van der Waals surface area contributed by atoms with Gasteiger partial charge in [-0.15, -0.1) is 0 Å². The van der Waals surface area contributed by atoms with Crippen LogP contribution in [0.4, 0.5) is 4.79 Å². The third kappa shape index (κ3) is 6.97. The molecule has 1 aromatic carbocycles. The van der Waals surface area contributed by atoms with E-state index in [1.165, 1.54) is 0 Å². The molecule has 1 unspecified atom stereocenters. The van der Waals surface area contributed by atoms with Crippen molar-refractivity contribution >= 4 is 12.0 Å². The molecule has 2 amide bonds. The molecule has 1 aromatic rings. The van der Waals surface area contributed by atoms with Gasteiger partial charge in [0, 0.05) is 19.4 Å². The summed E-state index contributed by atoms with van der Waals surface area (Å²) in [7, 11) is 0. The van der Waals surface area contributed by atoms with Crippen molar-refractivity contribution in [3.05, 3.63) is 35.9 Å². The molecule has 1 rings (SSSR count). The van der Waals surface area contributed by atoms with Gasteiger partial charge in [0.25, 0.3) is 0 Å². The molecular weight excluding hydrogens is 270 g/mol. The number of amides is 2. The van der Waals surface area contributed by atoms with Gasteiger partial charge in [-0.2, -0.15) is 5.26 Å². The zero-order valence-corrected chi connectivity index (χ0v) is 11.7. The van der Waals surface area contributed by atoms with Crippen LogP contribution in [0.1, 0.15) is 37.3 Å². The molecule has 3 N–H and O–H groups in total. The minimum atomic E-state index is -0.881. The molecule has 0 radical (unpaired) electrons. The lowest BCUT2D eigenvalue weighted by molar-refractivity contribution is -0.137. The van der Waals surface area contributed by atoms with Crippen LogP contribution in [0.25, 0.3) is 0 Å². The van der Waals surface area contributed by atoms with Gasteiger partial charge in [0.05, 0.1) is 12.1 Å². The second kappa shape index (κ2) is 9.37. The molecule has 0 fully saturated rings. The second-order valence-electron chi connectivity index (χ2n) is 4.56. The number of nitriles is 1. The van der Waals surface area contributed by atoms with E-state index in [0.717, 1.165) is 5.56 Å². The maximum absolute atomic E-state index is 11.8. The van der Waals surface area contributed by atoms with Gasteiger partial charge < -0.3 is 15.7 Å². The number of carboxylic acids is 1. The highest BCUT2D eigenvalue weighted by molar-refractivity contribution is 5.74. The zero-order chi connectivity index (χ0) is 15.5. The Kier molecular flexibility index (Phi) is 7.36. The number of nitrogens with zero attached hydrogens (tertiary/aromatic N) is 1. The van der Waals surface area contributed by atoms with Gasteiger partial charge >= 0.3 is 12.0 Å². The molecule has 0 aliphatic rings. The van der Waals surface area contributed by atoms with E-state index in [1.54, 1.807) is 0 Å². The normalized spacial score (nSPS) is 11.2. The lowest BCUT2D eigenvalue weighted by Crippen LogP contribution is -2.38. The van der Waals surface area contributed by atoms with Crippen LogP contribution in [0.2, 0.25) is 0 Å². The first-order valence-corrected chi connectivity index (χ1v) is 6.81. The van der Waals surface area contributed by atoms with E-state index in [1.807, 2.05) is 30.3 Å². The molecule has 0 aliphatic carbocycles. The molecule has 0 spiro atoms. The highest BCUT2D eigenvalue weighted by Crippen LogP contribution is 2.17. The van der Waals surface area contributed by atoms with Crippen LogP contribution in [0.5, 0.6) is 0 Å². The number of carbonyl (C=O) groups excluding carboxylic acids is 1. The van der Waals surface area contributed by atoms with E-state index < -0.39 is 5.97 Å². The van der Waals surface area contributed by atoms with E-state index in [0.29, 0.717) is 25.8 Å². The SMILES string of the molecule is N#CCCC(NC(=O)NCCCC(=O)O)c1ccccc1. The molecule has 0 saturated heterocycles. The first kappa shape index (κ1) is 16.5. The van der Waals surface area contributed by atoms with Crippen LogP contribution in [-0.2, 0) is 4.79 Å². The van der Waals surface area contributed by atoms with Gasteiger partial charge in [0.15, 0.2) is 0 Å². The fraction of sp³-hybridized carbons (Fsp3) is 0.400. The molecule has 0 saturated carbocycles. The van der Waals surface area contributed by atoms with Gasteiger partial charge in [0.2, 0.25) is 0 Å². The number of carboxylic acid groups (broad SMARTS) is 1. The summed E-state index contributed by atoms with van der Waals surface area (Å²) in [6.07, 6.45) is 1.29. The fourth-order valence-electron chi connectivity index (χ4n) is 1.87. The molecule has 0 aromatic heterocycles. The standard InChI is InChI=1S/C15H19N3O3/c16-10-4-8-13(12-6-2-1-3-7-12)18-15(21)17-11-5-9-14(19)20/h1-3,6-7,13H,4-5,8-9,11H2,(H,19,20)(H2,17,18,21). The quantitative estimate of drug-likeness (QED) is 0.638. The Morgan fingerprint density at radius 1 is 1.29 bits per heavy atom. The predicted octanol–water partition coefficient (Wildman–Crippen LogP) is 2.20. The lowest BCUT2D eigenvalue weighted by Gasteiger charge is -2.18. The monoisotopic (exact) mass is 289 g/mol. The number of carbonyl (C=O) groups is 2. The highest BCUT2D eigenvalue weighted by Gasteiger charge is 2.13. The van der Waals surface area contributed by atoms with Crippen molar-refractivity contribution < 1.29 is 14.7 Å². The summed E-state index contributed by atoms with van der Waals surface area (Å²) < 4.78 is 0. The Morgan fingerprint density at radius 2 is 2.00 bits per heavy atom. The van der Waals surface area contributed by atoms with Crippen molar-refractivity contribution in [2.75, 3.05) is 6.54 Å². The molecule has 0 bridgehead atoms. The summed E-state index contributed by atoms with van der Waals surface area (Å²) >= 11 is 0. The number of urea groups is 1. The van der Waals surface area contributed by atoms with Crippen LogP contribution in [0, 0.1) is 11.3 Å². The van der Waals surface area contributed by atoms with Gasteiger partial charge in [0.1, 0.15) is 0 Å². The van der Waals surface area contributed by atoms with Crippen LogP contribution in [-0.4, -0.2) is 23.7 Å². The molecule has 0 heterocycles. The van der Waals surface area contributed by atoms with Gasteiger partial charge in [-0.1, -0.05) is 30.3 Å². The number of aliphatic carboxylic acids is 1. The highest BCUT2D eigenvalue weighted by atomic mass is 16.4. The van der Waals surface area contributed by atoms with Crippen molar-refractivity contribution in [2.24, 2.45) is 0 Å². The lowest BCUT2D eigenvalue weighted by atomic mass is 10.0.